The van der Waals surface area contributed by atoms with Crippen LogP contribution in [0.4, 0.5) is 11.4 Å². The Bertz CT molecular complexity index is 1320. The summed E-state index contributed by atoms with van der Waals surface area (Å²) in [6.07, 6.45) is 3.56. The fraction of sp³-hybridized carbons (Fsp3) is 0.0714. The Kier molecular flexibility index (Phi) is 9.49. The van der Waals surface area contributed by atoms with Crippen molar-refractivity contribution < 1.29 is 9.47 Å². The molecule has 7 heteroatoms. The Morgan fingerprint density at radius 3 is 1.63 bits per heavy atom. The number of rotatable bonds is 7. The Morgan fingerprint density at radius 2 is 1.11 bits per heavy atom. The minimum atomic E-state index is 0. The smallest absolute Gasteiger partial charge is 0.118 e. The van der Waals surface area contributed by atoms with Crippen LogP contribution < -0.4 is 9.47 Å². The standard InChI is InChI=1S/C28H22Cl2N2O2.BrH/c1-33-23-11-3-19(4-12-23)17-31-22-9-7-21(8-10-22)25-15-16-26(28(30)27(25)29)32-18-20-5-13-24(34-2)14-6-20;/h3-18H,1-2H3;1H. The summed E-state index contributed by atoms with van der Waals surface area (Å²) in [4.78, 5) is 9.03. The second kappa shape index (κ2) is 12.5. The summed E-state index contributed by atoms with van der Waals surface area (Å²) in [5.41, 5.74) is 5.14. The maximum Gasteiger partial charge on any atom is 0.118 e. The van der Waals surface area contributed by atoms with Gasteiger partial charge >= 0.3 is 0 Å². The van der Waals surface area contributed by atoms with Gasteiger partial charge in [-0.2, -0.15) is 0 Å². The number of methoxy groups -OCH3 is 2. The molecule has 0 aliphatic heterocycles. The largest absolute Gasteiger partial charge is 0.497 e. The van der Waals surface area contributed by atoms with E-state index in [9.17, 15) is 0 Å². The van der Waals surface area contributed by atoms with Crippen molar-refractivity contribution in [1.29, 1.82) is 0 Å². The van der Waals surface area contributed by atoms with E-state index < -0.39 is 0 Å². The molecule has 0 spiro atoms. The molecule has 178 valence electrons. The van der Waals surface area contributed by atoms with Crippen molar-refractivity contribution in [3.05, 3.63) is 106 Å². The van der Waals surface area contributed by atoms with Gasteiger partial charge in [-0.05, 0) is 83.4 Å². The highest BCUT2D eigenvalue weighted by molar-refractivity contribution is 8.93. The van der Waals surface area contributed by atoms with E-state index in [1.54, 1.807) is 20.4 Å². The van der Waals surface area contributed by atoms with Gasteiger partial charge in [-0.3, -0.25) is 9.98 Å². The molecule has 0 saturated heterocycles. The molecule has 0 atom stereocenters. The number of aliphatic imine (C=N–C) groups is 2. The third kappa shape index (κ3) is 6.73. The molecule has 4 aromatic carbocycles. The van der Waals surface area contributed by atoms with Crippen LogP contribution in [-0.2, 0) is 0 Å². The molecule has 4 rings (SSSR count). The molecule has 0 radical (unpaired) electrons. The van der Waals surface area contributed by atoms with Crippen LogP contribution in [0.2, 0.25) is 10.0 Å². The maximum atomic E-state index is 6.60. The van der Waals surface area contributed by atoms with Gasteiger partial charge in [0.25, 0.3) is 0 Å². The van der Waals surface area contributed by atoms with Crippen molar-refractivity contribution in [2.24, 2.45) is 9.98 Å². The zero-order valence-electron chi connectivity index (χ0n) is 19.1. The number of benzene rings is 4. The van der Waals surface area contributed by atoms with Crippen LogP contribution >= 0.6 is 40.2 Å². The van der Waals surface area contributed by atoms with Gasteiger partial charge in [0.05, 0.1) is 35.6 Å². The van der Waals surface area contributed by atoms with Crippen LogP contribution in [0.5, 0.6) is 11.5 Å². The Labute approximate surface area is 225 Å². The van der Waals surface area contributed by atoms with E-state index in [1.807, 2.05) is 91.1 Å². The topological polar surface area (TPSA) is 43.2 Å². The molecule has 0 heterocycles. The third-order valence-corrected chi connectivity index (χ3v) is 6.06. The lowest BCUT2D eigenvalue weighted by atomic mass is 10.0. The highest BCUT2D eigenvalue weighted by Gasteiger charge is 2.11. The average molecular weight is 570 g/mol. The third-order valence-electron chi connectivity index (χ3n) is 5.19. The maximum absolute atomic E-state index is 6.60. The van der Waals surface area contributed by atoms with Crippen molar-refractivity contribution in [2.75, 3.05) is 14.2 Å². The molecule has 0 bridgehead atoms. The van der Waals surface area contributed by atoms with E-state index in [-0.39, 0.29) is 17.0 Å². The Balaban J connectivity index is 0.00000342. The van der Waals surface area contributed by atoms with Gasteiger partial charge in [0, 0.05) is 18.0 Å². The van der Waals surface area contributed by atoms with E-state index >= 15 is 0 Å². The summed E-state index contributed by atoms with van der Waals surface area (Å²) in [6.45, 7) is 0. The van der Waals surface area contributed by atoms with Crippen LogP contribution in [0, 0.1) is 0 Å². The lowest BCUT2D eigenvalue weighted by molar-refractivity contribution is 0.414. The van der Waals surface area contributed by atoms with Gasteiger partial charge in [0.1, 0.15) is 11.5 Å². The second-order valence-corrected chi connectivity index (χ2v) is 8.13. The normalized spacial score (nSPS) is 11.0. The summed E-state index contributed by atoms with van der Waals surface area (Å²) >= 11 is 13.1. The molecule has 4 aromatic rings. The fourth-order valence-corrected chi connectivity index (χ4v) is 3.74. The first-order valence-corrected chi connectivity index (χ1v) is 11.3. The number of hydrogen-bond donors (Lipinski definition) is 0. The van der Waals surface area contributed by atoms with Crippen LogP contribution in [-0.4, -0.2) is 26.6 Å². The molecular weight excluding hydrogens is 547 g/mol. The summed E-state index contributed by atoms with van der Waals surface area (Å²) in [7, 11) is 3.28. The highest BCUT2D eigenvalue weighted by atomic mass is 79.9. The van der Waals surface area contributed by atoms with Crippen molar-refractivity contribution in [3.8, 4) is 22.6 Å². The van der Waals surface area contributed by atoms with Crippen LogP contribution in [0.3, 0.4) is 0 Å². The molecule has 4 nitrogen and oxygen atoms in total. The lowest BCUT2D eigenvalue weighted by Crippen LogP contribution is -1.85. The molecule has 0 fully saturated rings. The average Bonchev–Trinajstić information content (AvgIpc) is 2.89. The number of nitrogens with zero attached hydrogens (tertiary/aromatic N) is 2. The van der Waals surface area contributed by atoms with Crippen molar-refractivity contribution >= 4 is 64.0 Å². The second-order valence-electron chi connectivity index (χ2n) is 7.37. The van der Waals surface area contributed by atoms with Crippen molar-refractivity contribution in [1.82, 2.24) is 0 Å². The van der Waals surface area contributed by atoms with E-state index in [2.05, 4.69) is 9.98 Å². The molecule has 0 unspecified atom stereocenters. The van der Waals surface area contributed by atoms with Crippen LogP contribution in [0.25, 0.3) is 11.1 Å². The molecule has 0 aliphatic rings. The predicted molar refractivity (Wildman–Crippen MR) is 153 cm³/mol. The van der Waals surface area contributed by atoms with Gasteiger partial charge in [-0.1, -0.05) is 41.4 Å². The minimum absolute atomic E-state index is 0. The minimum Gasteiger partial charge on any atom is -0.497 e. The summed E-state index contributed by atoms with van der Waals surface area (Å²) < 4.78 is 10.4. The number of halogens is 3. The number of hydrogen-bond acceptors (Lipinski definition) is 4. The van der Waals surface area contributed by atoms with Crippen molar-refractivity contribution in [3.63, 3.8) is 0 Å². The summed E-state index contributed by atoms with van der Waals surface area (Å²) in [5, 5.41) is 0.867. The first-order valence-electron chi connectivity index (χ1n) is 10.5. The Hall–Kier alpha value is -3.12. The van der Waals surface area contributed by atoms with Gasteiger partial charge in [0.2, 0.25) is 0 Å². The molecule has 0 aliphatic carbocycles. The SMILES string of the molecule is Br.COc1ccc(C=Nc2ccc(-c3ccc(N=Cc4ccc(OC)cc4)c(Cl)c3Cl)cc2)cc1. The summed E-state index contributed by atoms with van der Waals surface area (Å²) in [6, 6.07) is 26.9. The van der Waals surface area contributed by atoms with E-state index in [0.29, 0.717) is 15.7 Å². The lowest BCUT2D eigenvalue weighted by Gasteiger charge is -2.09. The molecule has 0 amide bonds. The van der Waals surface area contributed by atoms with E-state index in [0.717, 1.165) is 39.4 Å². The Morgan fingerprint density at radius 1 is 0.600 bits per heavy atom. The quantitative estimate of drug-likeness (QED) is 0.209. The zero-order valence-corrected chi connectivity index (χ0v) is 22.3. The highest BCUT2D eigenvalue weighted by Crippen LogP contribution is 2.40. The summed E-state index contributed by atoms with van der Waals surface area (Å²) in [5.74, 6) is 1.61. The molecule has 0 saturated carbocycles. The van der Waals surface area contributed by atoms with Crippen LogP contribution in [0.15, 0.2) is 94.9 Å². The monoisotopic (exact) mass is 568 g/mol. The van der Waals surface area contributed by atoms with E-state index in [1.165, 1.54) is 0 Å². The van der Waals surface area contributed by atoms with Gasteiger partial charge in [-0.15, -0.1) is 17.0 Å². The molecule has 35 heavy (non-hydrogen) atoms. The molecule has 0 N–H and O–H groups in total. The van der Waals surface area contributed by atoms with Crippen LogP contribution in [0.1, 0.15) is 11.1 Å². The molecule has 0 aromatic heterocycles. The zero-order chi connectivity index (χ0) is 23.9. The van der Waals surface area contributed by atoms with Gasteiger partial charge < -0.3 is 9.47 Å². The first-order chi connectivity index (χ1) is 16.6. The predicted octanol–water partition coefficient (Wildman–Crippen LogP) is 8.76. The van der Waals surface area contributed by atoms with Gasteiger partial charge in [-0.25, -0.2) is 0 Å². The number of ether oxygens (including phenoxy) is 2. The van der Waals surface area contributed by atoms with Gasteiger partial charge in [0.15, 0.2) is 0 Å². The van der Waals surface area contributed by atoms with E-state index in [4.69, 9.17) is 32.7 Å². The molecular formula is C28H23BrCl2N2O2. The fourth-order valence-electron chi connectivity index (χ4n) is 3.26. The first kappa shape index (κ1) is 26.5. The van der Waals surface area contributed by atoms with Crippen molar-refractivity contribution in [2.45, 2.75) is 0 Å².